The van der Waals surface area contributed by atoms with Gasteiger partial charge in [-0.15, -0.1) is 0 Å². The molecule has 1 aliphatic rings. The number of rotatable bonds is 6. The Morgan fingerprint density at radius 3 is 2.67 bits per heavy atom. The first-order valence-corrected chi connectivity index (χ1v) is 7.23. The monoisotopic (exact) mass is 313 g/mol. The molecular weight excluding hydrogens is 297 g/mol. The quantitative estimate of drug-likeness (QED) is 0.878. The van der Waals surface area contributed by atoms with Crippen molar-refractivity contribution in [2.24, 2.45) is 5.92 Å². The third kappa shape index (κ3) is 3.94. The molecule has 0 radical (unpaired) electrons. The highest BCUT2D eigenvalue weighted by Crippen LogP contribution is 2.29. The highest BCUT2D eigenvalue weighted by molar-refractivity contribution is 6.31. The number of carboxylic acids is 1. The van der Waals surface area contributed by atoms with Gasteiger partial charge in [0.2, 0.25) is 5.91 Å². The van der Waals surface area contributed by atoms with Gasteiger partial charge in [-0.05, 0) is 25.0 Å². The average molecular weight is 314 g/mol. The number of carboxylic acid groups (broad SMARTS) is 1. The first-order valence-electron chi connectivity index (χ1n) is 6.85. The first-order chi connectivity index (χ1) is 9.90. The fraction of sp³-hybridized carbons (Fsp3) is 0.467. The Hall–Kier alpha value is -1.62. The van der Waals surface area contributed by atoms with Gasteiger partial charge in [0.15, 0.2) is 0 Å². The molecule has 1 fully saturated rings. The van der Waals surface area contributed by atoms with E-state index in [2.05, 4.69) is 0 Å². The number of carbonyl (C=O) groups excluding carboxylic acids is 1. The minimum atomic E-state index is -0.947. The van der Waals surface area contributed by atoms with Crippen LogP contribution < -0.4 is 0 Å². The van der Waals surface area contributed by atoms with E-state index < -0.39 is 17.7 Å². The van der Waals surface area contributed by atoms with Crippen molar-refractivity contribution in [1.29, 1.82) is 0 Å². The van der Waals surface area contributed by atoms with Crippen LogP contribution in [0.1, 0.15) is 25.3 Å². The number of amides is 1. The zero-order valence-corrected chi connectivity index (χ0v) is 12.4. The van der Waals surface area contributed by atoms with Crippen molar-refractivity contribution in [3.8, 4) is 0 Å². The summed E-state index contributed by atoms with van der Waals surface area (Å²) in [6.07, 6.45) is 1.58. The maximum absolute atomic E-state index is 13.7. The van der Waals surface area contributed by atoms with Gasteiger partial charge < -0.3 is 10.0 Å². The Morgan fingerprint density at radius 2 is 2.14 bits per heavy atom. The number of hydrogen-bond acceptors (Lipinski definition) is 2. The minimum Gasteiger partial charge on any atom is -0.481 e. The summed E-state index contributed by atoms with van der Waals surface area (Å²) < 4.78 is 13.7. The lowest BCUT2D eigenvalue weighted by Crippen LogP contribution is -2.39. The van der Waals surface area contributed by atoms with Crippen LogP contribution in [-0.4, -0.2) is 34.5 Å². The minimum absolute atomic E-state index is 0.0739. The van der Waals surface area contributed by atoms with Crippen LogP contribution in [0.2, 0.25) is 5.02 Å². The van der Waals surface area contributed by atoms with Gasteiger partial charge >= 0.3 is 5.97 Å². The second-order valence-electron chi connectivity index (χ2n) is 5.39. The molecule has 1 amide bonds. The molecule has 1 aliphatic carbocycles. The standard InChI is InChI=1S/C15H17ClFNO3/c1-9(15(20)21)8-18(10-5-6-10)14(19)7-11-12(16)3-2-4-13(11)17/h2-4,9-10H,5-8H2,1H3,(H,20,21). The predicted octanol–water partition coefficient (Wildman–Crippen LogP) is 2.73. The Bertz CT molecular complexity index is 540. The number of hydrogen-bond donors (Lipinski definition) is 1. The van der Waals surface area contributed by atoms with Gasteiger partial charge in [0.1, 0.15) is 5.82 Å². The van der Waals surface area contributed by atoms with E-state index in [1.807, 2.05) is 0 Å². The fourth-order valence-electron chi connectivity index (χ4n) is 2.17. The van der Waals surface area contributed by atoms with E-state index >= 15 is 0 Å². The maximum atomic E-state index is 13.7. The van der Waals surface area contributed by atoms with Gasteiger partial charge in [-0.3, -0.25) is 9.59 Å². The van der Waals surface area contributed by atoms with Crippen LogP contribution in [0, 0.1) is 11.7 Å². The molecule has 6 heteroatoms. The molecule has 1 saturated carbocycles. The second-order valence-corrected chi connectivity index (χ2v) is 5.80. The third-order valence-electron chi connectivity index (χ3n) is 3.59. The lowest BCUT2D eigenvalue weighted by Gasteiger charge is -2.24. The van der Waals surface area contributed by atoms with E-state index in [0.29, 0.717) is 0 Å². The number of halogens is 2. The van der Waals surface area contributed by atoms with Crippen LogP contribution in [0.5, 0.6) is 0 Å². The molecule has 0 heterocycles. The summed E-state index contributed by atoms with van der Waals surface area (Å²) in [7, 11) is 0. The summed E-state index contributed by atoms with van der Waals surface area (Å²) in [6.45, 7) is 1.70. The average Bonchev–Trinajstić information content (AvgIpc) is 3.24. The summed E-state index contributed by atoms with van der Waals surface area (Å²) in [6, 6.07) is 4.35. The molecule has 0 spiro atoms. The van der Waals surface area contributed by atoms with Gasteiger partial charge in [0, 0.05) is 23.2 Å². The Kier molecular flexibility index (Phi) is 4.83. The number of aliphatic carboxylic acids is 1. The van der Waals surface area contributed by atoms with Crippen molar-refractivity contribution < 1.29 is 19.1 Å². The van der Waals surface area contributed by atoms with Crippen LogP contribution in [0.25, 0.3) is 0 Å². The van der Waals surface area contributed by atoms with Crippen LogP contribution in [0.4, 0.5) is 4.39 Å². The molecule has 1 aromatic rings. The highest BCUT2D eigenvalue weighted by atomic mass is 35.5. The lowest BCUT2D eigenvalue weighted by atomic mass is 10.1. The second kappa shape index (κ2) is 6.43. The normalized spacial score (nSPS) is 15.6. The van der Waals surface area contributed by atoms with Crippen molar-refractivity contribution in [2.45, 2.75) is 32.2 Å². The largest absolute Gasteiger partial charge is 0.481 e. The molecule has 4 nitrogen and oxygen atoms in total. The van der Waals surface area contributed by atoms with Crippen LogP contribution in [-0.2, 0) is 16.0 Å². The Labute approximate surface area is 127 Å². The molecule has 114 valence electrons. The number of benzene rings is 1. The van der Waals surface area contributed by atoms with E-state index in [1.165, 1.54) is 18.2 Å². The maximum Gasteiger partial charge on any atom is 0.308 e. The SMILES string of the molecule is CC(CN(C(=O)Cc1c(F)cccc1Cl)C1CC1)C(=O)O. The van der Waals surface area contributed by atoms with E-state index in [0.717, 1.165) is 12.8 Å². The number of nitrogens with zero attached hydrogens (tertiary/aromatic N) is 1. The summed E-state index contributed by atoms with van der Waals surface area (Å²) >= 11 is 5.92. The van der Waals surface area contributed by atoms with Crippen molar-refractivity contribution in [2.75, 3.05) is 6.54 Å². The molecule has 0 aliphatic heterocycles. The van der Waals surface area contributed by atoms with Crippen molar-refractivity contribution in [3.63, 3.8) is 0 Å². The van der Waals surface area contributed by atoms with Gasteiger partial charge in [-0.25, -0.2) is 4.39 Å². The Morgan fingerprint density at radius 1 is 1.48 bits per heavy atom. The highest BCUT2D eigenvalue weighted by Gasteiger charge is 2.34. The zero-order chi connectivity index (χ0) is 15.6. The third-order valence-corrected chi connectivity index (χ3v) is 3.94. The van der Waals surface area contributed by atoms with Crippen molar-refractivity contribution in [1.82, 2.24) is 4.90 Å². The summed E-state index contributed by atoms with van der Waals surface area (Å²) in [5.74, 6) is -2.39. The zero-order valence-electron chi connectivity index (χ0n) is 11.7. The van der Waals surface area contributed by atoms with Gasteiger partial charge in [-0.1, -0.05) is 24.6 Å². The Balaban J connectivity index is 2.10. The molecule has 2 rings (SSSR count). The molecule has 0 aromatic heterocycles. The fourth-order valence-corrected chi connectivity index (χ4v) is 2.40. The van der Waals surface area contributed by atoms with E-state index in [-0.39, 0.29) is 35.5 Å². The molecule has 1 atom stereocenters. The molecular formula is C15H17ClFNO3. The molecule has 1 N–H and O–H groups in total. The van der Waals surface area contributed by atoms with Gasteiger partial charge in [0.05, 0.1) is 12.3 Å². The molecule has 1 unspecified atom stereocenters. The molecule has 0 bridgehead atoms. The van der Waals surface area contributed by atoms with Gasteiger partial charge in [0.25, 0.3) is 0 Å². The van der Waals surface area contributed by atoms with Crippen LogP contribution in [0.3, 0.4) is 0 Å². The van der Waals surface area contributed by atoms with E-state index in [1.54, 1.807) is 11.8 Å². The topological polar surface area (TPSA) is 57.6 Å². The smallest absolute Gasteiger partial charge is 0.308 e. The van der Waals surface area contributed by atoms with Gasteiger partial charge in [-0.2, -0.15) is 0 Å². The van der Waals surface area contributed by atoms with E-state index in [9.17, 15) is 14.0 Å². The molecule has 21 heavy (non-hydrogen) atoms. The van der Waals surface area contributed by atoms with Crippen LogP contribution >= 0.6 is 11.6 Å². The summed E-state index contributed by atoms with van der Waals surface area (Å²) in [5, 5.41) is 9.19. The molecule has 0 saturated heterocycles. The molecule has 1 aromatic carbocycles. The summed E-state index contributed by atoms with van der Waals surface area (Å²) in [5.41, 5.74) is 0.165. The first kappa shape index (κ1) is 15.8. The van der Waals surface area contributed by atoms with Crippen molar-refractivity contribution in [3.05, 3.63) is 34.6 Å². The van der Waals surface area contributed by atoms with Crippen LogP contribution in [0.15, 0.2) is 18.2 Å². The number of carbonyl (C=O) groups is 2. The lowest BCUT2D eigenvalue weighted by molar-refractivity contribution is -0.143. The van der Waals surface area contributed by atoms with E-state index in [4.69, 9.17) is 16.7 Å². The summed E-state index contributed by atoms with van der Waals surface area (Å²) in [4.78, 5) is 24.9. The van der Waals surface area contributed by atoms with Crippen molar-refractivity contribution >= 4 is 23.5 Å². The predicted molar refractivity (Wildman–Crippen MR) is 76.6 cm³/mol.